The van der Waals surface area contributed by atoms with E-state index in [2.05, 4.69) is 19.9 Å². The van der Waals surface area contributed by atoms with E-state index in [1.54, 1.807) is 6.08 Å². The maximum atomic E-state index is 12.4. The summed E-state index contributed by atoms with van der Waals surface area (Å²) in [6.07, 6.45) is 10.5. The van der Waals surface area contributed by atoms with E-state index >= 15 is 0 Å². The van der Waals surface area contributed by atoms with Gasteiger partial charge in [0.25, 0.3) is 0 Å². The molecule has 5 aliphatic rings. The highest BCUT2D eigenvalue weighted by Crippen LogP contribution is 2.73. The van der Waals surface area contributed by atoms with Gasteiger partial charge in [-0.05, 0) is 56.6 Å². The fraction of sp³-hybridized carbons (Fsp3) is 0.684. The number of hydrogen-bond donors (Lipinski definition) is 0. The number of ketones is 2. The molecule has 3 nitrogen and oxygen atoms in total. The lowest BCUT2D eigenvalue weighted by atomic mass is 9.48. The predicted octanol–water partition coefficient (Wildman–Crippen LogP) is 2.99. The Morgan fingerprint density at radius 1 is 1.14 bits per heavy atom. The highest BCUT2D eigenvalue weighted by Gasteiger charge is 2.78. The van der Waals surface area contributed by atoms with E-state index in [-0.39, 0.29) is 28.3 Å². The number of Topliss-reactive ketones (excluding diaryl/α,β-unsaturated/α-hetero) is 1. The summed E-state index contributed by atoms with van der Waals surface area (Å²) in [5, 5.41) is 0. The van der Waals surface area contributed by atoms with Crippen LogP contribution in [0.1, 0.15) is 46.0 Å². The minimum Gasteiger partial charge on any atom is -0.364 e. The molecule has 116 valence electrons. The smallest absolute Gasteiger partial charge is 0.178 e. The first-order chi connectivity index (χ1) is 10.4. The van der Waals surface area contributed by atoms with Crippen LogP contribution in [0, 0.1) is 22.7 Å². The number of carbonyl (C=O) groups is 2. The van der Waals surface area contributed by atoms with Crippen molar-refractivity contribution in [2.75, 3.05) is 0 Å². The molecule has 0 radical (unpaired) electrons. The number of ether oxygens (including phenoxy) is 1. The van der Waals surface area contributed by atoms with Crippen molar-refractivity contribution in [2.45, 2.75) is 57.7 Å². The first kappa shape index (κ1) is 13.2. The van der Waals surface area contributed by atoms with Crippen molar-refractivity contribution in [3.8, 4) is 0 Å². The second-order valence-electron chi connectivity index (χ2n) is 8.34. The molecule has 0 unspecified atom stereocenters. The van der Waals surface area contributed by atoms with E-state index in [4.69, 9.17) is 4.74 Å². The predicted molar refractivity (Wildman–Crippen MR) is 81.1 cm³/mol. The molecule has 3 saturated carbocycles. The average molecular weight is 298 g/mol. The third-order valence-corrected chi connectivity index (χ3v) is 7.64. The molecule has 0 amide bonds. The maximum Gasteiger partial charge on any atom is 0.178 e. The molecule has 4 aliphatic carbocycles. The van der Waals surface area contributed by atoms with Gasteiger partial charge in [-0.15, -0.1) is 0 Å². The summed E-state index contributed by atoms with van der Waals surface area (Å²) >= 11 is 0. The molecule has 1 aliphatic heterocycles. The zero-order valence-electron chi connectivity index (χ0n) is 13.2. The highest BCUT2D eigenvalue weighted by atomic mass is 16.6. The summed E-state index contributed by atoms with van der Waals surface area (Å²) < 4.78 is 6.37. The third kappa shape index (κ3) is 1.22. The zero-order valence-corrected chi connectivity index (χ0v) is 13.2. The van der Waals surface area contributed by atoms with Crippen LogP contribution >= 0.6 is 0 Å². The number of epoxide rings is 1. The summed E-state index contributed by atoms with van der Waals surface area (Å²) in [6, 6.07) is 0. The molecule has 1 saturated heterocycles. The molecular formula is C19H22O3. The van der Waals surface area contributed by atoms with Crippen LogP contribution in [0.25, 0.3) is 0 Å². The molecule has 0 aromatic rings. The number of allylic oxidation sites excluding steroid dienone is 2. The van der Waals surface area contributed by atoms with Crippen LogP contribution in [-0.2, 0) is 14.3 Å². The van der Waals surface area contributed by atoms with Crippen LogP contribution < -0.4 is 0 Å². The number of rotatable bonds is 0. The summed E-state index contributed by atoms with van der Waals surface area (Å²) in [5.41, 5.74) is 0.776. The van der Waals surface area contributed by atoms with E-state index in [9.17, 15) is 9.59 Å². The van der Waals surface area contributed by atoms with Crippen LogP contribution in [0.4, 0.5) is 0 Å². The quantitative estimate of drug-likeness (QED) is 0.646. The van der Waals surface area contributed by atoms with Gasteiger partial charge in [0.1, 0.15) is 11.4 Å². The molecule has 6 atom stereocenters. The van der Waals surface area contributed by atoms with Crippen molar-refractivity contribution in [1.82, 2.24) is 0 Å². The Kier molecular flexibility index (Phi) is 2.19. The van der Waals surface area contributed by atoms with E-state index < -0.39 is 0 Å². The zero-order chi connectivity index (χ0) is 15.3. The van der Waals surface area contributed by atoms with Gasteiger partial charge < -0.3 is 4.74 Å². The monoisotopic (exact) mass is 298 g/mol. The molecule has 1 spiro atoms. The topological polar surface area (TPSA) is 46.7 Å². The van der Waals surface area contributed by atoms with Gasteiger partial charge in [0, 0.05) is 17.3 Å². The van der Waals surface area contributed by atoms with Crippen molar-refractivity contribution >= 4 is 11.6 Å². The van der Waals surface area contributed by atoms with Gasteiger partial charge in [0.15, 0.2) is 5.78 Å². The van der Waals surface area contributed by atoms with Crippen LogP contribution in [0.3, 0.4) is 0 Å². The van der Waals surface area contributed by atoms with Crippen LogP contribution in [0.2, 0.25) is 0 Å². The van der Waals surface area contributed by atoms with Crippen molar-refractivity contribution in [3.05, 3.63) is 23.8 Å². The number of hydrogen-bond acceptors (Lipinski definition) is 3. The molecule has 0 aromatic carbocycles. The van der Waals surface area contributed by atoms with E-state index in [1.165, 1.54) is 5.57 Å². The Morgan fingerprint density at radius 2 is 1.91 bits per heavy atom. The van der Waals surface area contributed by atoms with Gasteiger partial charge >= 0.3 is 0 Å². The third-order valence-electron chi connectivity index (χ3n) is 7.64. The number of carbonyl (C=O) groups excluding carboxylic acids is 2. The van der Waals surface area contributed by atoms with Gasteiger partial charge in [-0.3, -0.25) is 9.59 Å². The van der Waals surface area contributed by atoms with Crippen molar-refractivity contribution in [1.29, 1.82) is 0 Å². The van der Waals surface area contributed by atoms with Crippen LogP contribution in [-0.4, -0.2) is 23.3 Å². The molecule has 5 rings (SSSR count). The van der Waals surface area contributed by atoms with Crippen molar-refractivity contribution in [3.63, 3.8) is 0 Å². The minimum absolute atomic E-state index is 0.108. The van der Waals surface area contributed by atoms with Gasteiger partial charge in [-0.2, -0.15) is 0 Å². The lowest BCUT2D eigenvalue weighted by Gasteiger charge is -2.53. The fourth-order valence-electron chi connectivity index (χ4n) is 6.42. The Hall–Kier alpha value is -1.22. The Balaban J connectivity index is 1.63. The Morgan fingerprint density at radius 3 is 2.73 bits per heavy atom. The molecule has 0 N–H and O–H groups in total. The average Bonchev–Trinajstić information content (AvgIpc) is 3.12. The maximum absolute atomic E-state index is 12.4. The molecule has 22 heavy (non-hydrogen) atoms. The molecule has 3 heteroatoms. The fourth-order valence-corrected chi connectivity index (χ4v) is 6.42. The summed E-state index contributed by atoms with van der Waals surface area (Å²) in [4.78, 5) is 24.2. The van der Waals surface area contributed by atoms with Crippen LogP contribution in [0.5, 0.6) is 0 Å². The summed E-state index contributed by atoms with van der Waals surface area (Å²) in [6.45, 7) is 4.42. The van der Waals surface area contributed by atoms with Gasteiger partial charge in [0.05, 0.1) is 6.10 Å². The van der Waals surface area contributed by atoms with Crippen molar-refractivity contribution < 1.29 is 14.3 Å². The molecule has 4 fully saturated rings. The SMILES string of the molecule is C[C@]12C=CC(=O)C=C1CC[C@@H]1[C@@H]3CCC(=O)[C@@]3(C)C[C@@H]3O[C@@]312. The normalized spacial score (nSPS) is 55.0. The molecule has 1 heterocycles. The minimum atomic E-state index is -0.166. The van der Waals surface area contributed by atoms with E-state index in [0.29, 0.717) is 17.6 Å². The standard InChI is InChI=1S/C19H22O3/c1-17-10-16-19(22-16)14(13(17)5-6-15(17)21)4-3-11-9-12(20)7-8-18(11,19)2/h7-9,13-14,16H,3-6,10H2,1-2H3/t13-,14+,16-,17-,18-,19+/m0/s1. The summed E-state index contributed by atoms with van der Waals surface area (Å²) in [5.74, 6) is 1.48. The van der Waals surface area contributed by atoms with Gasteiger partial charge in [-0.1, -0.05) is 18.6 Å². The van der Waals surface area contributed by atoms with Crippen LogP contribution in [0.15, 0.2) is 23.8 Å². The Labute approximate surface area is 130 Å². The highest BCUT2D eigenvalue weighted by molar-refractivity contribution is 6.01. The van der Waals surface area contributed by atoms with E-state index in [0.717, 1.165) is 32.1 Å². The van der Waals surface area contributed by atoms with Gasteiger partial charge in [-0.25, -0.2) is 0 Å². The van der Waals surface area contributed by atoms with Crippen molar-refractivity contribution in [2.24, 2.45) is 22.7 Å². The number of fused-ring (bicyclic) bond motifs is 3. The molecule has 0 bridgehead atoms. The summed E-state index contributed by atoms with van der Waals surface area (Å²) in [7, 11) is 0. The largest absolute Gasteiger partial charge is 0.364 e. The first-order valence-electron chi connectivity index (χ1n) is 8.57. The Bertz CT molecular complexity index is 674. The molecule has 0 aromatic heterocycles. The second-order valence-corrected chi connectivity index (χ2v) is 8.34. The van der Waals surface area contributed by atoms with Gasteiger partial charge in [0.2, 0.25) is 0 Å². The van der Waals surface area contributed by atoms with E-state index in [1.807, 2.05) is 6.08 Å². The lowest BCUT2D eigenvalue weighted by molar-refractivity contribution is -0.129. The lowest BCUT2D eigenvalue weighted by Crippen LogP contribution is -2.56. The second kappa shape index (κ2) is 3.64. The molecular weight excluding hydrogens is 276 g/mol. The first-order valence-corrected chi connectivity index (χ1v) is 8.57.